The maximum Gasteiger partial charge on any atom is 0.0966 e. The maximum absolute atomic E-state index is 4.67. The molecule has 2 saturated carbocycles. The normalized spacial score (nSPS) is 43.1. The zero-order valence-corrected chi connectivity index (χ0v) is 9.76. The van der Waals surface area contributed by atoms with Crippen LogP contribution in [0.1, 0.15) is 51.9 Å². The van der Waals surface area contributed by atoms with Crippen molar-refractivity contribution >= 4 is 5.84 Å². The predicted octanol–water partition coefficient (Wildman–Crippen LogP) is 2.74. The summed E-state index contributed by atoms with van der Waals surface area (Å²) in [6, 6.07) is 0.687. The lowest BCUT2D eigenvalue weighted by atomic mass is 9.77. The molecular weight excluding hydrogens is 184 g/mol. The van der Waals surface area contributed by atoms with E-state index in [9.17, 15) is 0 Å². The van der Waals surface area contributed by atoms with Crippen LogP contribution in [0.4, 0.5) is 0 Å². The summed E-state index contributed by atoms with van der Waals surface area (Å²) in [7, 11) is 0. The van der Waals surface area contributed by atoms with Crippen molar-refractivity contribution in [3.8, 4) is 0 Å². The van der Waals surface area contributed by atoms with Crippen molar-refractivity contribution < 1.29 is 0 Å². The third-order valence-corrected chi connectivity index (χ3v) is 4.83. The van der Waals surface area contributed by atoms with Crippen LogP contribution in [0.25, 0.3) is 0 Å². The molecule has 3 rings (SSSR count). The molecule has 1 heterocycles. The highest BCUT2D eigenvalue weighted by molar-refractivity contribution is 5.84. The lowest BCUT2D eigenvalue weighted by Crippen LogP contribution is -2.43. The van der Waals surface area contributed by atoms with E-state index in [1.807, 2.05) is 0 Å². The maximum atomic E-state index is 4.67. The van der Waals surface area contributed by atoms with Gasteiger partial charge in [0.1, 0.15) is 0 Å². The van der Waals surface area contributed by atoms with Gasteiger partial charge in [-0.3, -0.25) is 4.99 Å². The molecule has 1 atom stereocenters. The van der Waals surface area contributed by atoms with Crippen molar-refractivity contribution in [1.29, 1.82) is 0 Å². The molecule has 0 radical (unpaired) electrons. The summed E-state index contributed by atoms with van der Waals surface area (Å²) in [5.41, 5.74) is 0.643. The minimum atomic E-state index is 0.643. The van der Waals surface area contributed by atoms with E-state index in [-0.39, 0.29) is 0 Å². The van der Waals surface area contributed by atoms with Gasteiger partial charge in [-0.25, -0.2) is 0 Å². The van der Waals surface area contributed by atoms with Crippen LogP contribution < -0.4 is 5.32 Å². The number of hydrogen-bond acceptors (Lipinski definition) is 2. The molecule has 84 valence electrons. The minimum absolute atomic E-state index is 0.643. The first-order valence-corrected chi connectivity index (χ1v) is 6.62. The summed E-state index contributed by atoms with van der Waals surface area (Å²) in [6.45, 7) is 3.29. The Morgan fingerprint density at radius 3 is 2.80 bits per heavy atom. The number of fused-ring (bicyclic) bond motifs is 2. The Balaban J connectivity index is 1.66. The Morgan fingerprint density at radius 1 is 1.40 bits per heavy atom. The molecule has 2 heteroatoms. The van der Waals surface area contributed by atoms with Crippen LogP contribution >= 0.6 is 0 Å². The van der Waals surface area contributed by atoms with E-state index < -0.39 is 0 Å². The van der Waals surface area contributed by atoms with E-state index in [1.54, 1.807) is 0 Å². The summed E-state index contributed by atoms with van der Waals surface area (Å²) >= 11 is 0. The molecule has 1 N–H and O–H groups in total. The molecule has 0 saturated heterocycles. The van der Waals surface area contributed by atoms with Gasteiger partial charge in [-0.05, 0) is 49.9 Å². The lowest BCUT2D eigenvalue weighted by Gasteiger charge is -2.33. The number of amidine groups is 1. The molecule has 15 heavy (non-hydrogen) atoms. The SMILES string of the molecule is CCCC1=NCC(C23CCC(CC2)C3)N1. The largest absolute Gasteiger partial charge is 0.369 e. The monoisotopic (exact) mass is 206 g/mol. The smallest absolute Gasteiger partial charge is 0.0966 e. The quantitative estimate of drug-likeness (QED) is 0.754. The Bertz CT molecular complexity index is 274. The number of aliphatic imine (C=N–C) groups is 1. The van der Waals surface area contributed by atoms with Gasteiger partial charge in [0.05, 0.1) is 18.4 Å². The Hall–Kier alpha value is -0.530. The first-order valence-electron chi connectivity index (χ1n) is 6.62. The van der Waals surface area contributed by atoms with E-state index >= 15 is 0 Å². The molecule has 2 nitrogen and oxygen atoms in total. The molecule has 1 aliphatic heterocycles. The molecule has 2 aliphatic carbocycles. The first kappa shape index (κ1) is 9.68. The molecule has 3 aliphatic rings. The fourth-order valence-electron chi connectivity index (χ4n) is 3.96. The third kappa shape index (κ3) is 1.49. The lowest BCUT2D eigenvalue weighted by molar-refractivity contribution is 0.226. The van der Waals surface area contributed by atoms with Crippen molar-refractivity contribution in [3.05, 3.63) is 0 Å². The Morgan fingerprint density at radius 2 is 2.20 bits per heavy atom. The van der Waals surface area contributed by atoms with Gasteiger partial charge in [0, 0.05) is 6.42 Å². The van der Waals surface area contributed by atoms with Crippen LogP contribution in [0.15, 0.2) is 4.99 Å². The van der Waals surface area contributed by atoms with Crippen LogP contribution in [-0.2, 0) is 0 Å². The second kappa shape index (κ2) is 3.50. The first-order chi connectivity index (χ1) is 7.32. The van der Waals surface area contributed by atoms with Crippen LogP contribution in [0.2, 0.25) is 0 Å². The highest BCUT2D eigenvalue weighted by Gasteiger charge is 2.50. The van der Waals surface area contributed by atoms with Crippen molar-refractivity contribution in [1.82, 2.24) is 5.32 Å². The number of rotatable bonds is 3. The van der Waals surface area contributed by atoms with Crippen molar-refractivity contribution in [2.75, 3.05) is 6.54 Å². The van der Waals surface area contributed by atoms with E-state index in [0.29, 0.717) is 11.5 Å². The number of hydrogen-bond donors (Lipinski definition) is 1. The second-order valence-electron chi connectivity index (χ2n) is 5.74. The van der Waals surface area contributed by atoms with Gasteiger partial charge >= 0.3 is 0 Å². The summed E-state index contributed by atoms with van der Waals surface area (Å²) < 4.78 is 0. The molecule has 0 aromatic heterocycles. The fraction of sp³-hybridized carbons (Fsp3) is 0.923. The predicted molar refractivity (Wildman–Crippen MR) is 63.1 cm³/mol. The standard InChI is InChI=1S/C13H22N2/c1-2-3-12-14-9-11(15-12)13-6-4-10(8-13)5-7-13/h10-11H,2-9H2,1H3,(H,14,15). The van der Waals surface area contributed by atoms with Crippen molar-refractivity contribution in [3.63, 3.8) is 0 Å². The molecular formula is C13H22N2. The van der Waals surface area contributed by atoms with Gasteiger partial charge in [-0.2, -0.15) is 0 Å². The second-order valence-corrected chi connectivity index (χ2v) is 5.74. The summed E-state index contributed by atoms with van der Waals surface area (Å²) in [4.78, 5) is 4.67. The third-order valence-electron chi connectivity index (χ3n) is 4.83. The van der Waals surface area contributed by atoms with Crippen molar-refractivity contribution in [2.45, 2.75) is 57.9 Å². The van der Waals surface area contributed by atoms with E-state index in [4.69, 9.17) is 0 Å². The number of nitrogens with zero attached hydrogens (tertiary/aromatic N) is 1. The van der Waals surface area contributed by atoms with E-state index in [2.05, 4.69) is 17.2 Å². The molecule has 0 amide bonds. The molecule has 0 aromatic carbocycles. The van der Waals surface area contributed by atoms with Gasteiger partial charge in [-0.15, -0.1) is 0 Å². The summed E-state index contributed by atoms with van der Waals surface area (Å²) in [5, 5.41) is 3.70. The summed E-state index contributed by atoms with van der Waals surface area (Å²) in [5.74, 6) is 2.34. The molecule has 1 unspecified atom stereocenters. The molecule has 2 bridgehead atoms. The van der Waals surface area contributed by atoms with Crippen LogP contribution in [-0.4, -0.2) is 18.4 Å². The minimum Gasteiger partial charge on any atom is -0.369 e. The molecule has 0 spiro atoms. The Kier molecular flexibility index (Phi) is 2.26. The average molecular weight is 206 g/mol. The van der Waals surface area contributed by atoms with E-state index in [1.165, 1.54) is 44.4 Å². The summed E-state index contributed by atoms with van der Waals surface area (Å²) in [6.07, 6.45) is 9.75. The zero-order chi connectivity index (χ0) is 10.3. The average Bonchev–Trinajstić information content (AvgIpc) is 2.92. The number of nitrogens with one attached hydrogen (secondary N) is 1. The van der Waals surface area contributed by atoms with Gasteiger partial charge in [0.15, 0.2) is 0 Å². The zero-order valence-electron chi connectivity index (χ0n) is 9.76. The highest BCUT2D eigenvalue weighted by Crippen LogP contribution is 2.56. The van der Waals surface area contributed by atoms with Crippen LogP contribution in [0, 0.1) is 11.3 Å². The molecule has 0 aromatic rings. The van der Waals surface area contributed by atoms with Gasteiger partial charge < -0.3 is 5.32 Å². The van der Waals surface area contributed by atoms with Crippen molar-refractivity contribution in [2.24, 2.45) is 16.3 Å². The van der Waals surface area contributed by atoms with Crippen LogP contribution in [0.3, 0.4) is 0 Å². The van der Waals surface area contributed by atoms with E-state index in [0.717, 1.165) is 18.9 Å². The van der Waals surface area contributed by atoms with Gasteiger partial charge in [0.2, 0.25) is 0 Å². The topological polar surface area (TPSA) is 24.4 Å². The highest BCUT2D eigenvalue weighted by atomic mass is 15.1. The van der Waals surface area contributed by atoms with Crippen LogP contribution in [0.5, 0.6) is 0 Å². The fourth-order valence-corrected chi connectivity index (χ4v) is 3.96. The molecule has 2 fully saturated rings. The van der Waals surface area contributed by atoms with Gasteiger partial charge in [-0.1, -0.05) is 6.92 Å². The van der Waals surface area contributed by atoms with Gasteiger partial charge in [0.25, 0.3) is 0 Å². The Labute approximate surface area is 92.5 Å².